The number of carbonyl (C=O) groups is 3. The fourth-order valence-corrected chi connectivity index (χ4v) is 7.12. The highest BCUT2D eigenvalue weighted by Gasteiger charge is 2.19. The molecule has 0 radical (unpaired) electrons. The second kappa shape index (κ2) is 42.6. The van der Waals surface area contributed by atoms with Gasteiger partial charge in [-0.05, 0) is 25.2 Å². The standard InChI is InChI=1S/C48H92O6/c1-5-8-10-12-13-14-15-16-17-18-19-20-21-22-23-24-29-33-37-41-48(51)54-45(42-52-46(49)39-35-30-11-9-6-2)43-53-47(50)40-36-32-28-26-25-27-31-34-38-44(4)7-3/h44-45H,5-43H2,1-4H3/t44?,45-/m1/s1. The molecule has 0 spiro atoms. The van der Waals surface area contributed by atoms with Crippen LogP contribution in [0.15, 0.2) is 0 Å². The van der Waals surface area contributed by atoms with Gasteiger partial charge in [-0.25, -0.2) is 0 Å². The number of esters is 3. The quantitative estimate of drug-likeness (QED) is 0.0349. The smallest absolute Gasteiger partial charge is 0.306 e. The van der Waals surface area contributed by atoms with Gasteiger partial charge in [-0.3, -0.25) is 14.4 Å². The molecule has 0 aromatic carbocycles. The second-order valence-electron chi connectivity index (χ2n) is 16.6. The van der Waals surface area contributed by atoms with E-state index in [1.807, 2.05) is 0 Å². The van der Waals surface area contributed by atoms with Crippen LogP contribution in [0.5, 0.6) is 0 Å². The monoisotopic (exact) mass is 765 g/mol. The van der Waals surface area contributed by atoms with E-state index in [9.17, 15) is 14.4 Å². The minimum absolute atomic E-state index is 0.0653. The summed E-state index contributed by atoms with van der Waals surface area (Å²) in [6.45, 7) is 8.93. The van der Waals surface area contributed by atoms with E-state index in [1.54, 1.807) is 0 Å². The lowest BCUT2D eigenvalue weighted by atomic mass is 9.99. The average molecular weight is 765 g/mol. The van der Waals surface area contributed by atoms with Crippen molar-refractivity contribution in [3.8, 4) is 0 Å². The lowest BCUT2D eigenvalue weighted by Gasteiger charge is -2.18. The first kappa shape index (κ1) is 52.4. The summed E-state index contributed by atoms with van der Waals surface area (Å²) < 4.78 is 16.6. The summed E-state index contributed by atoms with van der Waals surface area (Å²) in [6, 6.07) is 0. The lowest BCUT2D eigenvalue weighted by Crippen LogP contribution is -2.30. The first-order chi connectivity index (χ1) is 26.4. The summed E-state index contributed by atoms with van der Waals surface area (Å²) in [5, 5.41) is 0. The van der Waals surface area contributed by atoms with Crippen molar-refractivity contribution >= 4 is 17.9 Å². The van der Waals surface area contributed by atoms with Crippen LogP contribution in [-0.2, 0) is 28.6 Å². The zero-order valence-corrected chi connectivity index (χ0v) is 36.7. The van der Waals surface area contributed by atoms with Crippen LogP contribution >= 0.6 is 0 Å². The maximum absolute atomic E-state index is 12.7. The molecule has 0 aromatic rings. The van der Waals surface area contributed by atoms with Crippen LogP contribution in [0.25, 0.3) is 0 Å². The zero-order chi connectivity index (χ0) is 39.6. The van der Waals surface area contributed by atoms with Crippen molar-refractivity contribution < 1.29 is 28.6 Å². The van der Waals surface area contributed by atoms with E-state index in [0.717, 1.165) is 70.1 Å². The molecular formula is C48H92O6. The first-order valence-electron chi connectivity index (χ1n) is 23.9. The van der Waals surface area contributed by atoms with Gasteiger partial charge in [0.1, 0.15) is 13.2 Å². The van der Waals surface area contributed by atoms with Gasteiger partial charge in [0, 0.05) is 19.3 Å². The van der Waals surface area contributed by atoms with Crippen LogP contribution in [0.2, 0.25) is 0 Å². The molecule has 0 aliphatic rings. The fraction of sp³-hybridized carbons (Fsp3) is 0.938. The van der Waals surface area contributed by atoms with E-state index in [4.69, 9.17) is 14.2 Å². The Kier molecular flexibility index (Phi) is 41.3. The van der Waals surface area contributed by atoms with E-state index in [0.29, 0.717) is 19.3 Å². The number of rotatable bonds is 43. The predicted octanol–water partition coefficient (Wildman–Crippen LogP) is 15.1. The van der Waals surface area contributed by atoms with Gasteiger partial charge >= 0.3 is 17.9 Å². The van der Waals surface area contributed by atoms with Crippen molar-refractivity contribution in [3.63, 3.8) is 0 Å². The van der Waals surface area contributed by atoms with E-state index >= 15 is 0 Å². The number of hydrogen-bond acceptors (Lipinski definition) is 6. The molecule has 0 heterocycles. The summed E-state index contributed by atoms with van der Waals surface area (Å²) in [4.78, 5) is 37.5. The Morgan fingerprint density at radius 3 is 0.963 bits per heavy atom. The summed E-state index contributed by atoms with van der Waals surface area (Å²) in [5.74, 6) is -0.0192. The molecule has 54 heavy (non-hydrogen) atoms. The van der Waals surface area contributed by atoms with Gasteiger partial charge < -0.3 is 14.2 Å². The van der Waals surface area contributed by atoms with Gasteiger partial charge in [-0.1, -0.05) is 227 Å². The molecule has 0 rings (SSSR count). The third kappa shape index (κ3) is 40.1. The minimum Gasteiger partial charge on any atom is -0.462 e. The molecule has 0 fully saturated rings. The summed E-state index contributed by atoms with van der Waals surface area (Å²) >= 11 is 0. The molecule has 0 aromatic heterocycles. The van der Waals surface area contributed by atoms with Gasteiger partial charge in [0.25, 0.3) is 0 Å². The Balaban J connectivity index is 4.13. The van der Waals surface area contributed by atoms with Gasteiger partial charge in [0.05, 0.1) is 0 Å². The van der Waals surface area contributed by atoms with E-state index in [-0.39, 0.29) is 31.1 Å². The molecule has 0 amide bonds. The van der Waals surface area contributed by atoms with Crippen molar-refractivity contribution in [2.45, 2.75) is 271 Å². The SMILES string of the molecule is CCCCCCCCCCCCCCCCCCCCCC(=O)O[C@H](COC(=O)CCCCCCC)COC(=O)CCCCCCCCCCC(C)CC. The number of ether oxygens (including phenoxy) is 3. The molecule has 0 saturated heterocycles. The molecule has 2 atom stereocenters. The fourth-order valence-electron chi connectivity index (χ4n) is 7.12. The van der Waals surface area contributed by atoms with E-state index in [2.05, 4.69) is 27.7 Å². The van der Waals surface area contributed by atoms with Crippen molar-refractivity contribution in [2.75, 3.05) is 13.2 Å². The average Bonchev–Trinajstić information content (AvgIpc) is 3.17. The Morgan fingerprint density at radius 2 is 0.648 bits per heavy atom. The third-order valence-electron chi connectivity index (χ3n) is 11.2. The highest BCUT2D eigenvalue weighted by atomic mass is 16.6. The largest absolute Gasteiger partial charge is 0.462 e. The van der Waals surface area contributed by atoms with Crippen molar-refractivity contribution in [3.05, 3.63) is 0 Å². The molecule has 0 aliphatic carbocycles. The van der Waals surface area contributed by atoms with Crippen molar-refractivity contribution in [1.82, 2.24) is 0 Å². The zero-order valence-electron chi connectivity index (χ0n) is 36.7. The first-order valence-corrected chi connectivity index (χ1v) is 23.9. The summed E-state index contributed by atoms with van der Waals surface area (Å²) in [5.41, 5.74) is 0. The van der Waals surface area contributed by atoms with Crippen molar-refractivity contribution in [1.29, 1.82) is 0 Å². The highest BCUT2D eigenvalue weighted by Crippen LogP contribution is 2.17. The van der Waals surface area contributed by atoms with E-state index in [1.165, 1.54) is 154 Å². The third-order valence-corrected chi connectivity index (χ3v) is 11.2. The van der Waals surface area contributed by atoms with Crippen LogP contribution < -0.4 is 0 Å². The molecule has 1 unspecified atom stereocenters. The Bertz CT molecular complexity index is 813. The summed E-state index contributed by atoms with van der Waals surface area (Å²) in [7, 11) is 0. The molecule has 0 N–H and O–H groups in total. The van der Waals surface area contributed by atoms with Crippen molar-refractivity contribution in [2.24, 2.45) is 5.92 Å². The predicted molar refractivity (Wildman–Crippen MR) is 229 cm³/mol. The molecule has 320 valence electrons. The molecule has 6 nitrogen and oxygen atoms in total. The minimum atomic E-state index is -0.758. The van der Waals surface area contributed by atoms with Gasteiger partial charge in [0.15, 0.2) is 6.10 Å². The van der Waals surface area contributed by atoms with Gasteiger partial charge in [-0.15, -0.1) is 0 Å². The highest BCUT2D eigenvalue weighted by molar-refractivity contribution is 5.71. The van der Waals surface area contributed by atoms with Crippen LogP contribution in [0.4, 0.5) is 0 Å². The Hall–Kier alpha value is -1.59. The maximum Gasteiger partial charge on any atom is 0.306 e. The van der Waals surface area contributed by atoms with Crippen LogP contribution in [0.3, 0.4) is 0 Å². The van der Waals surface area contributed by atoms with Crippen LogP contribution in [0.1, 0.15) is 265 Å². The Labute approximate surface area is 336 Å². The summed E-state index contributed by atoms with van der Waals surface area (Å²) in [6.07, 6.45) is 42.6. The van der Waals surface area contributed by atoms with Gasteiger partial charge in [0.2, 0.25) is 0 Å². The molecule has 0 aliphatic heterocycles. The molecule has 0 bridgehead atoms. The second-order valence-corrected chi connectivity index (χ2v) is 16.6. The molecular weight excluding hydrogens is 673 g/mol. The number of unbranched alkanes of at least 4 members (excludes halogenated alkanes) is 29. The topological polar surface area (TPSA) is 78.9 Å². The molecule has 6 heteroatoms. The normalized spacial score (nSPS) is 12.4. The van der Waals surface area contributed by atoms with Gasteiger partial charge in [-0.2, -0.15) is 0 Å². The number of carbonyl (C=O) groups excluding carboxylic acids is 3. The maximum atomic E-state index is 12.7. The number of hydrogen-bond donors (Lipinski definition) is 0. The Morgan fingerprint density at radius 1 is 0.370 bits per heavy atom. The molecule has 0 saturated carbocycles. The lowest BCUT2D eigenvalue weighted by molar-refractivity contribution is -0.167. The van der Waals surface area contributed by atoms with Crippen LogP contribution in [0, 0.1) is 5.92 Å². The van der Waals surface area contributed by atoms with Crippen LogP contribution in [-0.4, -0.2) is 37.2 Å². The van der Waals surface area contributed by atoms with E-state index < -0.39 is 6.10 Å².